The Morgan fingerprint density at radius 2 is 2.04 bits per heavy atom. The molecule has 0 spiro atoms. The van der Waals surface area contributed by atoms with Crippen LogP contribution in [0.2, 0.25) is 0 Å². The molecule has 1 saturated heterocycles. The van der Waals surface area contributed by atoms with Gasteiger partial charge in [-0.25, -0.2) is 0 Å². The summed E-state index contributed by atoms with van der Waals surface area (Å²) in [5.74, 6) is -0.252. The van der Waals surface area contributed by atoms with Crippen LogP contribution < -0.4 is 5.32 Å². The standard InChI is InChI=1S/C18H24N2O3/c1-2-3-9-17(22)20-15(13-21)10-11-16(20)18(23)19-12-14-7-5-4-6-8-14/h2,4-8,15-16,21H,1,3,9-13H2,(H,19,23)/t15-,16+/m1/s1. The maximum Gasteiger partial charge on any atom is 0.243 e. The summed E-state index contributed by atoms with van der Waals surface area (Å²) in [4.78, 5) is 26.4. The third-order valence-electron chi connectivity index (χ3n) is 4.18. The minimum absolute atomic E-state index is 0.0960. The maximum absolute atomic E-state index is 12.5. The van der Waals surface area contributed by atoms with E-state index in [-0.39, 0.29) is 24.5 Å². The van der Waals surface area contributed by atoms with Gasteiger partial charge in [-0.15, -0.1) is 6.58 Å². The number of amides is 2. The maximum atomic E-state index is 12.5. The van der Waals surface area contributed by atoms with Gasteiger partial charge >= 0.3 is 0 Å². The average molecular weight is 316 g/mol. The Hall–Kier alpha value is -2.14. The normalized spacial score (nSPS) is 20.3. The van der Waals surface area contributed by atoms with Crippen LogP contribution in [-0.2, 0) is 16.1 Å². The highest BCUT2D eigenvalue weighted by molar-refractivity contribution is 5.88. The molecular weight excluding hydrogens is 292 g/mol. The minimum Gasteiger partial charge on any atom is -0.394 e. The van der Waals surface area contributed by atoms with Crippen LogP contribution in [-0.4, -0.2) is 40.5 Å². The van der Waals surface area contributed by atoms with Crippen molar-refractivity contribution in [2.24, 2.45) is 0 Å². The van der Waals surface area contributed by atoms with Gasteiger partial charge < -0.3 is 15.3 Å². The predicted octanol–water partition coefficient (Wildman–Crippen LogP) is 1.62. The van der Waals surface area contributed by atoms with Crippen LogP contribution in [0.5, 0.6) is 0 Å². The number of rotatable bonds is 7. The highest BCUT2D eigenvalue weighted by atomic mass is 16.3. The molecule has 2 amide bonds. The van der Waals surface area contributed by atoms with Crippen LogP contribution in [0.1, 0.15) is 31.2 Å². The fraction of sp³-hybridized carbons (Fsp3) is 0.444. The van der Waals surface area contributed by atoms with Crippen molar-refractivity contribution < 1.29 is 14.7 Å². The molecule has 0 saturated carbocycles. The Morgan fingerprint density at radius 1 is 1.30 bits per heavy atom. The molecule has 23 heavy (non-hydrogen) atoms. The first-order valence-corrected chi connectivity index (χ1v) is 8.02. The quantitative estimate of drug-likeness (QED) is 0.751. The zero-order valence-corrected chi connectivity index (χ0v) is 13.3. The van der Waals surface area contributed by atoms with Gasteiger partial charge in [0.15, 0.2) is 0 Å². The molecule has 0 bridgehead atoms. The van der Waals surface area contributed by atoms with E-state index in [0.29, 0.717) is 32.2 Å². The third kappa shape index (κ3) is 4.42. The van der Waals surface area contributed by atoms with Crippen LogP contribution in [0, 0.1) is 0 Å². The number of hydrogen-bond acceptors (Lipinski definition) is 3. The smallest absolute Gasteiger partial charge is 0.243 e. The largest absolute Gasteiger partial charge is 0.394 e. The molecule has 1 aromatic carbocycles. The van der Waals surface area contributed by atoms with E-state index in [2.05, 4.69) is 11.9 Å². The van der Waals surface area contributed by atoms with Crippen molar-refractivity contribution >= 4 is 11.8 Å². The number of nitrogens with zero attached hydrogens (tertiary/aromatic N) is 1. The fourth-order valence-corrected chi connectivity index (χ4v) is 2.95. The molecule has 1 fully saturated rings. The summed E-state index contributed by atoms with van der Waals surface area (Å²) in [6.45, 7) is 3.95. The van der Waals surface area contributed by atoms with E-state index in [0.717, 1.165) is 5.56 Å². The summed E-state index contributed by atoms with van der Waals surface area (Å²) in [6, 6.07) is 8.90. The number of allylic oxidation sites excluding steroid dienone is 1. The SMILES string of the molecule is C=CCCC(=O)N1[C@@H](CO)CC[C@H]1C(=O)NCc1ccccc1. The average Bonchev–Trinajstić information content (AvgIpc) is 3.02. The lowest BCUT2D eigenvalue weighted by Gasteiger charge is -2.28. The molecule has 5 nitrogen and oxygen atoms in total. The molecule has 1 aliphatic rings. The number of nitrogens with one attached hydrogen (secondary N) is 1. The lowest BCUT2D eigenvalue weighted by atomic mass is 10.1. The molecule has 1 aromatic rings. The van der Waals surface area contributed by atoms with Gasteiger partial charge in [-0.05, 0) is 24.8 Å². The number of aliphatic hydroxyl groups excluding tert-OH is 1. The number of aliphatic hydroxyl groups is 1. The summed E-state index contributed by atoms with van der Waals surface area (Å²) in [5.41, 5.74) is 1.02. The first-order chi connectivity index (χ1) is 11.2. The van der Waals surface area contributed by atoms with Crippen LogP contribution in [0.3, 0.4) is 0 Å². The molecule has 0 aromatic heterocycles. The molecule has 2 N–H and O–H groups in total. The molecule has 2 atom stereocenters. The van der Waals surface area contributed by atoms with Crippen molar-refractivity contribution in [1.82, 2.24) is 10.2 Å². The van der Waals surface area contributed by atoms with E-state index >= 15 is 0 Å². The van der Waals surface area contributed by atoms with Crippen molar-refractivity contribution in [3.8, 4) is 0 Å². The summed E-state index contributed by atoms with van der Waals surface area (Å²) in [6.07, 6.45) is 3.83. The lowest BCUT2D eigenvalue weighted by Crippen LogP contribution is -2.49. The van der Waals surface area contributed by atoms with E-state index in [9.17, 15) is 14.7 Å². The van der Waals surface area contributed by atoms with Crippen molar-refractivity contribution in [3.63, 3.8) is 0 Å². The zero-order valence-electron chi connectivity index (χ0n) is 13.3. The molecule has 1 aliphatic heterocycles. The molecule has 124 valence electrons. The van der Waals surface area contributed by atoms with Gasteiger partial charge in [0.25, 0.3) is 0 Å². The Balaban J connectivity index is 1.99. The van der Waals surface area contributed by atoms with Gasteiger partial charge in [-0.3, -0.25) is 9.59 Å². The highest BCUT2D eigenvalue weighted by Crippen LogP contribution is 2.25. The Morgan fingerprint density at radius 3 is 2.70 bits per heavy atom. The third-order valence-corrected chi connectivity index (χ3v) is 4.18. The summed E-state index contributed by atoms with van der Waals surface area (Å²) >= 11 is 0. The molecular formula is C18H24N2O3. The Bertz CT molecular complexity index is 544. The minimum atomic E-state index is -0.492. The van der Waals surface area contributed by atoms with Gasteiger partial charge in [0, 0.05) is 13.0 Å². The van der Waals surface area contributed by atoms with E-state index < -0.39 is 6.04 Å². The second-order valence-corrected chi connectivity index (χ2v) is 5.76. The van der Waals surface area contributed by atoms with Crippen LogP contribution in [0.4, 0.5) is 0 Å². The van der Waals surface area contributed by atoms with Gasteiger partial charge in [0.2, 0.25) is 11.8 Å². The summed E-state index contributed by atoms with van der Waals surface area (Å²) in [7, 11) is 0. The van der Waals surface area contributed by atoms with E-state index in [1.165, 1.54) is 0 Å². The summed E-state index contributed by atoms with van der Waals surface area (Å²) in [5, 5.41) is 12.4. The van der Waals surface area contributed by atoms with Gasteiger partial charge in [0.1, 0.15) is 6.04 Å². The van der Waals surface area contributed by atoms with Gasteiger partial charge in [0.05, 0.1) is 12.6 Å². The van der Waals surface area contributed by atoms with Crippen molar-refractivity contribution in [2.75, 3.05) is 6.61 Å². The lowest BCUT2D eigenvalue weighted by molar-refractivity contribution is -0.141. The predicted molar refractivity (Wildman–Crippen MR) is 88.5 cm³/mol. The number of likely N-dealkylation sites (tertiary alicyclic amines) is 1. The van der Waals surface area contributed by atoms with Crippen molar-refractivity contribution in [3.05, 3.63) is 48.6 Å². The first-order valence-electron chi connectivity index (χ1n) is 8.02. The van der Waals surface area contributed by atoms with Gasteiger partial charge in [-0.2, -0.15) is 0 Å². The zero-order chi connectivity index (χ0) is 16.7. The van der Waals surface area contributed by atoms with Crippen molar-refractivity contribution in [2.45, 2.75) is 44.3 Å². The molecule has 0 aliphatic carbocycles. The van der Waals surface area contributed by atoms with Crippen LogP contribution in [0.15, 0.2) is 43.0 Å². The fourth-order valence-electron chi connectivity index (χ4n) is 2.95. The second-order valence-electron chi connectivity index (χ2n) is 5.76. The molecule has 2 rings (SSSR count). The Kier molecular flexibility index (Phi) is 6.35. The van der Waals surface area contributed by atoms with E-state index in [4.69, 9.17) is 0 Å². The van der Waals surface area contributed by atoms with E-state index in [1.54, 1.807) is 11.0 Å². The second kappa shape index (κ2) is 8.48. The monoisotopic (exact) mass is 316 g/mol. The van der Waals surface area contributed by atoms with E-state index in [1.807, 2.05) is 30.3 Å². The van der Waals surface area contributed by atoms with Crippen LogP contribution >= 0.6 is 0 Å². The summed E-state index contributed by atoms with van der Waals surface area (Å²) < 4.78 is 0. The molecule has 5 heteroatoms. The number of benzene rings is 1. The number of carbonyl (C=O) groups is 2. The van der Waals surface area contributed by atoms with Crippen LogP contribution in [0.25, 0.3) is 0 Å². The molecule has 1 heterocycles. The topological polar surface area (TPSA) is 69.6 Å². The highest BCUT2D eigenvalue weighted by Gasteiger charge is 2.39. The first kappa shape index (κ1) is 17.2. The van der Waals surface area contributed by atoms with Gasteiger partial charge in [-0.1, -0.05) is 36.4 Å². The molecule has 0 unspecified atom stereocenters. The van der Waals surface area contributed by atoms with Crippen molar-refractivity contribution in [1.29, 1.82) is 0 Å². The number of hydrogen-bond donors (Lipinski definition) is 2. The Labute approximate surface area is 137 Å². The number of carbonyl (C=O) groups excluding carboxylic acids is 2. The molecule has 0 radical (unpaired) electrons.